The van der Waals surface area contributed by atoms with Crippen LogP contribution in [0, 0.1) is 0 Å². The normalized spacial score (nSPS) is 17.2. The van der Waals surface area contributed by atoms with E-state index in [1.54, 1.807) is 0 Å². The molecule has 0 bridgehead atoms. The van der Waals surface area contributed by atoms with Crippen LogP contribution in [0.15, 0.2) is 54.6 Å². The van der Waals surface area contributed by atoms with Gasteiger partial charge in [-0.1, -0.05) is 18.2 Å². The largest absolute Gasteiger partial charge is 0.492 e. The summed E-state index contributed by atoms with van der Waals surface area (Å²) in [5.74, 6) is 2.54. The van der Waals surface area contributed by atoms with Gasteiger partial charge in [0.05, 0.1) is 6.04 Å². The van der Waals surface area contributed by atoms with Crippen LogP contribution in [0.1, 0.15) is 0 Å². The van der Waals surface area contributed by atoms with Gasteiger partial charge in [-0.2, -0.15) is 0 Å². The van der Waals surface area contributed by atoms with Crippen molar-refractivity contribution >= 4 is 0 Å². The Bertz CT molecular complexity index is 492. The molecule has 3 nitrogen and oxygen atoms in total. The number of benzene rings is 2. The number of para-hydroxylation sites is 1. The fourth-order valence-corrected chi connectivity index (χ4v) is 1.63. The third kappa shape index (κ3) is 3.02. The van der Waals surface area contributed by atoms with E-state index in [1.807, 2.05) is 54.6 Å². The molecule has 2 aromatic rings. The third-order valence-corrected chi connectivity index (χ3v) is 2.75. The van der Waals surface area contributed by atoms with Gasteiger partial charge in [0.25, 0.3) is 0 Å². The summed E-state index contributed by atoms with van der Waals surface area (Å²) < 4.78 is 11.3. The highest BCUT2D eigenvalue weighted by atomic mass is 16.5. The second-order valence-electron chi connectivity index (χ2n) is 4.30. The van der Waals surface area contributed by atoms with E-state index in [-0.39, 0.29) is 0 Å². The molecule has 3 heteroatoms. The molecule has 0 saturated carbocycles. The van der Waals surface area contributed by atoms with Crippen LogP contribution in [-0.4, -0.2) is 19.2 Å². The summed E-state index contributed by atoms with van der Waals surface area (Å²) in [6.45, 7) is 1.80. The first-order valence-electron chi connectivity index (χ1n) is 6.09. The minimum Gasteiger partial charge on any atom is -0.492 e. The molecule has 2 aromatic carbocycles. The molecule has 1 saturated heterocycles. The highest BCUT2D eigenvalue weighted by molar-refractivity contribution is 5.35. The number of ether oxygens (including phenoxy) is 2. The van der Waals surface area contributed by atoms with Crippen molar-refractivity contribution < 1.29 is 9.47 Å². The maximum absolute atomic E-state index is 5.70. The monoisotopic (exact) mass is 241 g/mol. The van der Waals surface area contributed by atoms with Crippen LogP contribution in [0.4, 0.5) is 0 Å². The van der Waals surface area contributed by atoms with E-state index >= 15 is 0 Å². The predicted molar refractivity (Wildman–Crippen MR) is 70.2 cm³/mol. The van der Waals surface area contributed by atoms with Crippen LogP contribution < -0.4 is 14.8 Å². The molecule has 1 heterocycles. The lowest BCUT2D eigenvalue weighted by Gasteiger charge is -2.07. The minimum atomic E-state index is 0.533. The molecule has 18 heavy (non-hydrogen) atoms. The third-order valence-electron chi connectivity index (χ3n) is 2.75. The van der Waals surface area contributed by atoms with Crippen LogP contribution in [-0.2, 0) is 0 Å². The first-order chi connectivity index (χ1) is 8.90. The molecule has 1 atom stereocenters. The molecule has 92 valence electrons. The van der Waals surface area contributed by atoms with E-state index in [9.17, 15) is 0 Å². The topological polar surface area (TPSA) is 40.4 Å². The summed E-state index contributed by atoms with van der Waals surface area (Å²) in [6, 6.07) is 18.0. The first-order valence-corrected chi connectivity index (χ1v) is 6.09. The average Bonchev–Trinajstić information content (AvgIpc) is 3.23. The van der Waals surface area contributed by atoms with E-state index in [0.29, 0.717) is 6.04 Å². The second-order valence-corrected chi connectivity index (χ2v) is 4.30. The van der Waals surface area contributed by atoms with Crippen LogP contribution in [0.2, 0.25) is 0 Å². The lowest BCUT2D eigenvalue weighted by molar-refractivity contribution is 0.319. The van der Waals surface area contributed by atoms with E-state index < -0.39 is 0 Å². The molecule has 0 unspecified atom stereocenters. The molecule has 0 aliphatic carbocycles. The van der Waals surface area contributed by atoms with Crippen molar-refractivity contribution in [3.05, 3.63) is 54.6 Å². The van der Waals surface area contributed by atoms with E-state index in [1.165, 1.54) is 0 Å². The Morgan fingerprint density at radius 3 is 2.17 bits per heavy atom. The molecule has 0 spiro atoms. The van der Waals surface area contributed by atoms with Crippen LogP contribution in [0.25, 0.3) is 0 Å². The van der Waals surface area contributed by atoms with Crippen LogP contribution >= 0.6 is 0 Å². The summed E-state index contributed by atoms with van der Waals surface area (Å²) >= 11 is 0. The highest BCUT2D eigenvalue weighted by Gasteiger charge is 2.20. The number of hydrogen-bond acceptors (Lipinski definition) is 3. The Labute approximate surface area is 106 Å². The van der Waals surface area contributed by atoms with Gasteiger partial charge in [-0.05, 0) is 36.4 Å². The number of rotatable bonds is 5. The van der Waals surface area contributed by atoms with Gasteiger partial charge in [-0.25, -0.2) is 0 Å². The Kier molecular flexibility index (Phi) is 3.15. The number of nitrogens with one attached hydrogen (secondary N) is 1. The fraction of sp³-hybridized carbons (Fsp3) is 0.200. The van der Waals surface area contributed by atoms with Crippen molar-refractivity contribution in [3.63, 3.8) is 0 Å². The van der Waals surface area contributed by atoms with Gasteiger partial charge < -0.3 is 14.8 Å². The van der Waals surface area contributed by atoms with Gasteiger partial charge in [-0.3, -0.25) is 0 Å². The average molecular weight is 241 g/mol. The summed E-state index contributed by atoms with van der Waals surface area (Å²) in [6.07, 6.45) is 0. The molecule has 3 rings (SSSR count). The first kappa shape index (κ1) is 11.1. The standard InChI is InChI=1S/C15H15NO2/c1-2-4-14(5-3-1)18-15-8-6-13(7-9-15)17-11-12-10-16-12/h1-9,12,16H,10-11H2/t12-/m1/s1. The molecule has 1 fully saturated rings. The van der Waals surface area contributed by atoms with Gasteiger partial charge in [-0.15, -0.1) is 0 Å². The molecule has 1 N–H and O–H groups in total. The molecule has 1 aliphatic rings. The van der Waals surface area contributed by atoms with Gasteiger partial charge >= 0.3 is 0 Å². The SMILES string of the molecule is c1ccc(Oc2ccc(OC[C@H]3CN3)cc2)cc1. The fourth-order valence-electron chi connectivity index (χ4n) is 1.63. The van der Waals surface area contributed by atoms with Crippen molar-refractivity contribution in [2.75, 3.05) is 13.2 Å². The molecule has 0 aromatic heterocycles. The second kappa shape index (κ2) is 5.10. The maximum atomic E-state index is 5.70. The highest BCUT2D eigenvalue weighted by Crippen LogP contribution is 2.23. The lowest BCUT2D eigenvalue weighted by atomic mass is 10.3. The molecule has 0 radical (unpaired) electrons. The van der Waals surface area contributed by atoms with E-state index in [2.05, 4.69) is 5.32 Å². The van der Waals surface area contributed by atoms with Gasteiger partial charge in [0.2, 0.25) is 0 Å². The molecular weight excluding hydrogens is 226 g/mol. The number of hydrogen-bond donors (Lipinski definition) is 1. The summed E-state index contributed by atoms with van der Waals surface area (Å²) in [5, 5.41) is 3.20. The zero-order chi connectivity index (χ0) is 12.2. The van der Waals surface area contributed by atoms with Gasteiger partial charge in [0, 0.05) is 6.54 Å². The van der Waals surface area contributed by atoms with E-state index in [0.717, 1.165) is 30.4 Å². The summed E-state index contributed by atoms with van der Waals surface area (Å²) in [4.78, 5) is 0. The lowest BCUT2D eigenvalue weighted by Crippen LogP contribution is -2.06. The molecule has 1 aliphatic heterocycles. The molecule has 0 amide bonds. The Morgan fingerprint density at radius 2 is 1.50 bits per heavy atom. The minimum absolute atomic E-state index is 0.533. The quantitative estimate of drug-likeness (QED) is 0.818. The van der Waals surface area contributed by atoms with Crippen LogP contribution in [0.5, 0.6) is 17.2 Å². The van der Waals surface area contributed by atoms with Gasteiger partial charge in [0.15, 0.2) is 0 Å². The Morgan fingerprint density at radius 1 is 0.889 bits per heavy atom. The van der Waals surface area contributed by atoms with Gasteiger partial charge in [0.1, 0.15) is 23.9 Å². The Hall–Kier alpha value is -2.00. The van der Waals surface area contributed by atoms with Crippen molar-refractivity contribution in [1.29, 1.82) is 0 Å². The predicted octanol–water partition coefficient (Wildman–Crippen LogP) is 2.83. The van der Waals surface area contributed by atoms with Crippen molar-refractivity contribution in [2.45, 2.75) is 6.04 Å². The van der Waals surface area contributed by atoms with E-state index in [4.69, 9.17) is 9.47 Å². The molecular formula is C15H15NO2. The van der Waals surface area contributed by atoms with Crippen molar-refractivity contribution in [3.8, 4) is 17.2 Å². The smallest absolute Gasteiger partial charge is 0.127 e. The van der Waals surface area contributed by atoms with Crippen LogP contribution in [0.3, 0.4) is 0 Å². The Balaban J connectivity index is 1.59. The van der Waals surface area contributed by atoms with Crippen molar-refractivity contribution in [2.24, 2.45) is 0 Å². The zero-order valence-electron chi connectivity index (χ0n) is 10.0. The summed E-state index contributed by atoms with van der Waals surface area (Å²) in [5.41, 5.74) is 0. The maximum Gasteiger partial charge on any atom is 0.127 e. The van der Waals surface area contributed by atoms with Crippen molar-refractivity contribution in [1.82, 2.24) is 5.32 Å². The summed E-state index contributed by atoms with van der Waals surface area (Å²) in [7, 11) is 0. The zero-order valence-corrected chi connectivity index (χ0v) is 10.0.